The molecule has 2 aliphatic rings. The van der Waals surface area contributed by atoms with Crippen molar-refractivity contribution in [2.45, 2.75) is 6.42 Å². The van der Waals surface area contributed by atoms with E-state index in [0.29, 0.717) is 28.5 Å². The number of fused-ring (bicyclic) bond motifs is 1. The predicted molar refractivity (Wildman–Crippen MR) is 96.4 cm³/mol. The summed E-state index contributed by atoms with van der Waals surface area (Å²) in [5.74, 6) is -0.225. The van der Waals surface area contributed by atoms with Gasteiger partial charge in [0.15, 0.2) is 11.5 Å². The van der Waals surface area contributed by atoms with Crippen LogP contribution >= 0.6 is 0 Å². The maximum Gasteiger partial charge on any atom is 0.337 e. The van der Waals surface area contributed by atoms with Gasteiger partial charge in [-0.2, -0.15) is 0 Å². The molecule has 0 saturated carbocycles. The van der Waals surface area contributed by atoms with Gasteiger partial charge in [-0.25, -0.2) is 4.79 Å². The van der Waals surface area contributed by atoms with E-state index in [4.69, 9.17) is 14.2 Å². The Hall–Kier alpha value is -3.55. The minimum atomic E-state index is -0.585. The normalized spacial score (nSPS) is 17.5. The molecular formula is C20H17NO7. The molecule has 0 aliphatic carbocycles. The monoisotopic (exact) mass is 383 g/mol. The lowest BCUT2D eigenvalue weighted by atomic mass is 10.1. The molecule has 1 fully saturated rings. The molecule has 0 N–H and O–H groups in total. The largest absolute Gasteiger partial charge is 0.465 e. The third-order valence-corrected chi connectivity index (χ3v) is 4.62. The predicted octanol–water partition coefficient (Wildman–Crippen LogP) is 2.16. The smallest absolute Gasteiger partial charge is 0.337 e. The van der Waals surface area contributed by atoms with Crippen LogP contribution in [0.4, 0.5) is 5.69 Å². The Bertz CT molecular complexity index is 938. The number of ether oxygens (including phenoxy) is 4. The van der Waals surface area contributed by atoms with Crippen molar-refractivity contribution in [1.29, 1.82) is 0 Å². The number of hydrogen-bond donors (Lipinski definition) is 0. The van der Waals surface area contributed by atoms with Crippen LogP contribution in [0.25, 0.3) is 0 Å². The molecule has 1 atom stereocenters. The zero-order valence-corrected chi connectivity index (χ0v) is 15.0. The van der Waals surface area contributed by atoms with Gasteiger partial charge in [0, 0.05) is 24.7 Å². The second kappa shape index (κ2) is 7.22. The van der Waals surface area contributed by atoms with Crippen LogP contribution in [0, 0.1) is 5.92 Å². The summed E-state index contributed by atoms with van der Waals surface area (Å²) in [6.07, 6.45) is 0.0630. The second-order valence-electron chi connectivity index (χ2n) is 6.38. The molecule has 144 valence electrons. The van der Waals surface area contributed by atoms with Gasteiger partial charge in [0.05, 0.1) is 18.6 Å². The minimum absolute atomic E-state index is 0.0630. The van der Waals surface area contributed by atoms with Crippen LogP contribution in [-0.2, 0) is 14.3 Å². The molecule has 0 bridgehead atoms. The van der Waals surface area contributed by atoms with Crippen LogP contribution in [0.2, 0.25) is 0 Å². The van der Waals surface area contributed by atoms with Crippen LogP contribution < -0.4 is 19.1 Å². The van der Waals surface area contributed by atoms with E-state index in [0.717, 1.165) is 0 Å². The first-order valence-corrected chi connectivity index (χ1v) is 8.65. The number of anilines is 1. The van der Waals surface area contributed by atoms with Crippen molar-refractivity contribution in [1.82, 2.24) is 0 Å². The summed E-state index contributed by atoms with van der Waals surface area (Å²) in [6.45, 7) is 0.369. The van der Waals surface area contributed by atoms with E-state index >= 15 is 0 Å². The SMILES string of the molecule is COC(=O)c1ccc(OC(=O)[C@@H]2CC(=O)N(c3ccc4c(c3)OCO4)C2)cc1. The van der Waals surface area contributed by atoms with Gasteiger partial charge in [-0.05, 0) is 36.4 Å². The van der Waals surface area contributed by atoms with Gasteiger partial charge in [0.2, 0.25) is 12.7 Å². The van der Waals surface area contributed by atoms with Crippen molar-refractivity contribution in [3.05, 3.63) is 48.0 Å². The van der Waals surface area contributed by atoms with Crippen molar-refractivity contribution in [3.63, 3.8) is 0 Å². The molecule has 2 aromatic rings. The zero-order valence-electron chi connectivity index (χ0n) is 15.0. The number of rotatable bonds is 4. The number of hydrogen-bond acceptors (Lipinski definition) is 7. The number of carbonyl (C=O) groups is 3. The highest BCUT2D eigenvalue weighted by Crippen LogP contribution is 2.37. The Kier molecular flexibility index (Phi) is 4.60. The summed E-state index contributed by atoms with van der Waals surface area (Å²) >= 11 is 0. The molecule has 2 heterocycles. The van der Waals surface area contributed by atoms with Crippen LogP contribution in [0.3, 0.4) is 0 Å². The molecule has 0 radical (unpaired) electrons. The first kappa shape index (κ1) is 17.8. The number of methoxy groups -OCH3 is 1. The number of esters is 2. The van der Waals surface area contributed by atoms with Crippen molar-refractivity contribution in [2.75, 3.05) is 25.3 Å². The molecule has 0 unspecified atom stereocenters. The summed E-state index contributed by atoms with van der Waals surface area (Å²) in [4.78, 5) is 37.8. The van der Waals surface area contributed by atoms with Crippen molar-refractivity contribution < 1.29 is 33.3 Å². The summed E-state index contributed by atoms with van der Waals surface area (Å²) in [6, 6.07) is 11.2. The highest BCUT2D eigenvalue weighted by atomic mass is 16.7. The van der Waals surface area contributed by atoms with Crippen molar-refractivity contribution in [2.24, 2.45) is 5.92 Å². The summed E-state index contributed by atoms with van der Waals surface area (Å²) in [5, 5.41) is 0. The van der Waals surface area contributed by atoms with Gasteiger partial charge in [-0.1, -0.05) is 0 Å². The lowest BCUT2D eigenvalue weighted by Gasteiger charge is -2.17. The van der Waals surface area contributed by atoms with Crippen LogP contribution in [0.15, 0.2) is 42.5 Å². The molecule has 1 saturated heterocycles. The quantitative estimate of drug-likeness (QED) is 0.590. The maximum atomic E-state index is 12.5. The Morgan fingerprint density at radius 1 is 1.07 bits per heavy atom. The fraction of sp³-hybridized carbons (Fsp3) is 0.250. The highest BCUT2D eigenvalue weighted by molar-refractivity contribution is 6.00. The lowest BCUT2D eigenvalue weighted by molar-refractivity contribution is -0.139. The van der Waals surface area contributed by atoms with Crippen molar-refractivity contribution >= 4 is 23.5 Å². The van der Waals surface area contributed by atoms with Gasteiger partial charge >= 0.3 is 11.9 Å². The average molecular weight is 383 g/mol. The molecule has 8 heteroatoms. The van der Waals surface area contributed by atoms with E-state index in [1.165, 1.54) is 36.3 Å². The topological polar surface area (TPSA) is 91.4 Å². The third-order valence-electron chi connectivity index (χ3n) is 4.62. The fourth-order valence-corrected chi connectivity index (χ4v) is 3.14. The molecule has 8 nitrogen and oxygen atoms in total. The number of carbonyl (C=O) groups excluding carboxylic acids is 3. The average Bonchev–Trinajstić information content (AvgIpc) is 3.33. The molecule has 1 amide bonds. The molecule has 0 spiro atoms. The van der Waals surface area contributed by atoms with E-state index in [1.54, 1.807) is 18.2 Å². The Morgan fingerprint density at radius 2 is 1.82 bits per heavy atom. The van der Waals surface area contributed by atoms with Gasteiger partial charge in [0.25, 0.3) is 0 Å². The van der Waals surface area contributed by atoms with Gasteiger partial charge < -0.3 is 23.8 Å². The van der Waals surface area contributed by atoms with E-state index < -0.39 is 17.9 Å². The minimum Gasteiger partial charge on any atom is -0.465 e. The van der Waals surface area contributed by atoms with Gasteiger partial charge in [0.1, 0.15) is 5.75 Å². The van der Waals surface area contributed by atoms with Crippen LogP contribution in [-0.4, -0.2) is 38.3 Å². The Balaban J connectivity index is 1.42. The van der Waals surface area contributed by atoms with Crippen LogP contribution in [0.1, 0.15) is 16.8 Å². The van der Waals surface area contributed by atoms with E-state index in [-0.39, 0.29) is 25.7 Å². The molecule has 2 aromatic carbocycles. The first-order valence-electron chi connectivity index (χ1n) is 8.65. The van der Waals surface area contributed by atoms with Crippen LogP contribution in [0.5, 0.6) is 17.2 Å². The standard InChI is InChI=1S/C20H17NO7/c1-25-19(23)12-2-5-15(6-3-12)28-20(24)13-8-18(22)21(10-13)14-4-7-16-17(9-14)27-11-26-16/h2-7,9,13H,8,10-11H2,1H3/t13-/m1/s1. The summed E-state index contributed by atoms with van der Waals surface area (Å²) in [7, 11) is 1.29. The molecule has 2 aliphatic heterocycles. The number of amides is 1. The fourth-order valence-electron chi connectivity index (χ4n) is 3.14. The molecule has 28 heavy (non-hydrogen) atoms. The maximum absolute atomic E-state index is 12.5. The third kappa shape index (κ3) is 3.36. The molecule has 0 aromatic heterocycles. The van der Waals surface area contributed by atoms with Gasteiger partial charge in [-0.15, -0.1) is 0 Å². The second-order valence-corrected chi connectivity index (χ2v) is 6.38. The van der Waals surface area contributed by atoms with E-state index in [9.17, 15) is 14.4 Å². The summed E-state index contributed by atoms with van der Waals surface area (Å²) < 4.78 is 20.6. The summed E-state index contributed by atoms with van der Waals surface area (Å²) in [5.41, 5.74) is 0.999. The Labute approximate surface area is 160 Å². The highest BCUT2D eigenvalue weighted by Gasteiger charge is 2.37. The van der Waals surface area contributed by atoms with E-state index in [1.807, 2.05) is 0 Å². The number of benzene rings is 2. The first-order chi connectivity index (χ1) is 13.5. The lowest BCUT2D eigenvalue weighted by Crippen LogP contribution is -2.27. The number of nitrogens with zero attached hydrogens (tertiary/aromatic N) is 1. The van der Waals surface area contributed by atoms with Crippen molar-refractivity contribution in [3.8, 4) is 17.2 Å². The zero-order chi connectivity index (χ0) is 19.7. The van der Waals surface area contributed by atoms with Gasteiger partial charge in [-0.3, -0.25) is 9.59 Å². The molecule has 4 rings (SSSR count). The Morgan fingerprint density at radius 3 is 2.57 bits per heavy atom. The molecular weight excluding hydrogens is 366 g/mol. The van der Waals surface area contributed by atoms with E-state index in [2.05, 4.69) is 4.74 Å².